The van der Waals surface area contributed by atoms with Gasteiger partial charge in [-0.15, -0.1) is 0 Å². The number of rotatable bonds is 5. The van der Waals surface area contributed by atoms with Crippen molar-refractivity contribution in [3.8, 4) is 0 Å². The summed E-state index contributed by atoms with van der Waals surface area (Å²) in [7, 11) is 0. The van der Waals surface area contributed by atoms with Crippen molar-refractivity contribution in [2.24, 2.45) is 0 Å². The number of hydrogen-bond acceptors (Lipinski definition) is 7. The van der Waals surface area contributed by atoms with Crippen molar-refractivity contribution in [2.75, 3.05) is 10.6 Å². The summed E-state index contributed by atoms with van der Waals surface area (Å²) in [6, 6.07) is 3.91. The fraction of sp³-hybridized carbons (Fsp3) is 0.438. The third-order valence-electron chi connectivity index (χ3n) is 4.20. The lowest BCUT2D eigenvalue weighted by Gasteiger charge is -2.23. The number of anilines is 3. The number of aryl methyl sites for hydroxylation is 1. The summed E-state index contributed by atoms with van der Waals surface area (Å²) in [5.41, 5.74) is 0.736. The Balaban J connectivity index is 1.90. The highest BCUT2D eigenvalue weighted by Crippen LogP contribution is 2.33. The predicted molar refractivity (Wildman–Crippen MR) is 91.4 cm³/mol. The number of hydrogen-bond donors (Lipinski definition) is 2. The number of nitrogens with one attached hydrogen (secondary N) is 2. The zero-order valence-electron chi connectivity index (χ0n) is 13.5. The first-order chi connectivity index (χ1) is 11.6. The van der Waals surface area contributed by atoms with Crippen molar-refractivity contribution in [3.63, 3.8) is 0 Å². The van der Waals surface area contributed by atoms with E-state index in [4.69, 9.17) is 0 Å². The van der Waals surface area contributed by atoms with Crippen LogP contribution in [0.15, 0.2) is 24.7 Å². The van der Waals surface area contributed by atoms with Crippen LogP contribution >= 0.6 is 0 Å². The van der Waals surface area contributed by atoms with E-state index in [2.05, 4.69) is 25.6 Å². The average Bonchev–Trinajstić information content (AvgIpc) is 2.58. The lowest BCUT2D eigenvalue weighted by atomic mass is 9.95. The lowest BCUT2D eigenvalue weighted by molar-refractivity contribution is -0.383. The fourth-order valence-corrected chi connectivity index (χ4v) is 2.92. The largest absolute Gasteiger partial charge is 0.361 e. The van der Waals surface area contributed by atoms with E-state index in [0.29, 0.717) is 5.82 Å². The first-order valence-electron chi connectivity index (χ1n) is 8.09. The third-order valence-corrected chi connectivity index (χ3v) is 4.20. The Morgan fingerprint density at radius 1 is 1.12 bits per heavy atom. The minimum absolute atomic E-state index is 0.145. The monoisotopic (exact) mass is 328 g/mol. The first-order valence-corrected chi connectivity index (χ1v) is 8.09. The van der Waals surface area contributed by atoms with Crippen LogP contribution < -0.4 is 10.6 Å². The molecule has 0 unspecified atom stereocenters. The van der Waals surface area contributed by atoms with Crippen molar-refractivity contribution >= 4 is 23.1 Å². The maximum Gasteiger partial charge on any atom is 0.353 e. The molecule has 2 N–H and O–H groups in total. The van der Waals surface area contributed by atoms with Gasteiger partial charge in [-0.2, -0.15) is 0 Å². The van der Waals surface area contributed by atoms with Crippen LogP contribution in [-0.4, -0.2) is 25.9 Å². The van der Waals surface area contributed by atoms with Crippen LogP contribution in [-0.2, 0) is 0 Å². The summed E-state index contributed by atoms with van der Waals surface area (Å²) in [6.07, 6.45) is 8.45. The Morgan fingerprint density at radius 2 is 1.88 bits per heavy atom. The molecule has 0 aromatic carbocycles. The van der Waals surface area contributed by atoms with Gasteiger partial charge in [0.15, 0.2) is 0 Å². The van der Waals surface area contributed by atoms with Crippen molar-refractivity contribution in [2.45, 2.75) is 45.1 Å². The molecule has 3 rings (SSSR count). The van der Waals surface area contributed by atoms with Gasteiger partial charge in [0.1, 0.15) is 12.1 Å². The van der Waals surface area contributed by atoms with Gasteiger partial charge < -0.3 is 10.6 Å². The molecule has 0 radical (unpaired) electrons. The highest BCUT2D eigenvalue weighted by atomic mass is 16.6. The highest BCUT2D eigenvalue weighted by molar-refractivity contribution is 5.73. The second-order valence-electron chi connectivity index (χ2n) is 5.95. The van der Waals surface area contributed by atoms with E-state index in [1.54, 1.807) is 6.20 Å². The van der Waals surface area contributed by atoms with Crippen molar-refractivity contribution < 1.29 is 4.92 Å². The van der Waals surface area contributed by atoms with Gasteiger partial charge >= 0.3 is 5.69 Å². The Morgan fingerprint density at radius 3 is 2.58 bits per heavy atom. The maximum atomic E-state index is 11.6. The van der Waals surface area contributed by atoms with E-state index in [9.17, 15) is 10.1 Å². The molecule has 2 aromatic rings. The van der Waals surface area contributed by atoms with Crippen LogP contribution in [0.2, 0.25) is 0 Å². The second-order valence-corrected chi connectivity index (χ2v) is 5.95. The molecule has 1 aliphatic carbocycles. The second kappa shape index (κ2) is 7.20. The first kappa shape index (κ1) is 16.1. The average molecular weight is 328 g/mol. The lowest BCUT2D eigenvalue weighted by Crippen LogP contribution is -2.23. The number of nitrogens with zero attached hydrogens (tertiary/aromatic N) is 4. The van der Waals surface area contributed by atoms with Gasteiger partial charge in [0.2, 0.25) is 11.6 Å². The van der Waals surface area contributed by atoms with Crippen molar-refractivity contribution in [1.82, 2.24) is 15.0 Å². The molecule has 0 atom stereocenters. The summed E-state index contributed by atoms with van der Waals surface area (Å²) in [5.74, 6) is 0.955. The molecule has 2 heterocycles. The van der Waals surface area contributed by atoms with E-state index >= 15 is 0 Å². The van der Waals surface area contributed by atoms with Crippen LogP contribution in [0, 0.1) is 17.0 Å². The molecule has 0 saturated heterocycles. The van der Waals surface area contributed by atoms with E-state index in [-0.39, 0.29) is 23.4 Å². The van der Waals surface area contributed by atoms with Crippen LogP contribution in [0.3, 0.4) is 0 Å². The van der Waals surface area contributed by atoms with Gasteiger partial charge in [-0.05, 0) is 31.4 Å². The topological polar surface area (TPSA) is 106 Å². The van der Waals surface area contributed by atoms with Crippen molar-refractivity contribution in [3.05, 3.63) is 40.3 Å². The van der Waals surface area contributed by atoms with Crippen LogP contribution in [0.5, 0.6) is 0 Å². The standard InChI is InChI=1S/C16H20N6O2/c1-11-6-5-9-17-14(11)21-16-13(22(23)24)15(18-10-19-16)20-12-7-3-2-4-8-12/h5-6,9-10,12H,2-4,7-8H2,1H3,(H2,17,18,19,20,21). The summed E-state index contributed by atoms with van der Waals surface area (Å²) >= 11 is 0. The molecule has 0 amide bonds. The highest BCUT2D eigenvalue weighted by Gasteiger charge is 2.26. The summed E-state index contributed by atoms with van der Waals surface area (Å²) in [4.78, 5) is 23.5. The zero-order valence-corrected chi connectivity index (χ0v) is 13.5. The van der Waals surface area contributed by atoms with Gasteiger partial charge in [-0.25, -0.2) is 15.0 Å². The van der Waals surface area contributed by atoms with E-state index in [0.717, 1.165) is 31.2 Å². The Bertz CT molecular complexity index is 730. The van der Waals surface area contributed by atoms with Gasteiger partial charge in [0, 0.05) is 12.2 Å². The molecular formula is C16H20N6O2. The van der Waals surface area contributed by atoms with Crippen LogP contribution in [0.1, 0.15) is 37.7 Å². The SMILES string of the molecule is Cc1cccnc1Nc1ncnc(NC2CCCCC2)c1[N+](=O)[O-]. The smallest absolute Gasteiger partial charge is 0.353 e. The Hall–Kier alpha value is -2.77. The van der Waals surface area contributed by atoms with Gasteiger partial charge in [-0.3, -0.25) is 10.1 Å². The minimum Gasteiger partial charge on any atom is -0.361 e. The quantitative estimate of drug-likeness (QED) is 0.638. The molecule has 1 fully saturated rings. The Kier molecular flexibility index (Phi) is 4.83. The molecular weight excluding hydrogens is 308 g/mol. The normalized spacial score (nSPS) is 15.0. The minimum atomic E-state index is -0.453. The van der Waals surface area contributed by atoms with Gasteiger partial charge in [0.05, 0.1) is 4.92 Å². The molecule has 1 aliphatic rings. The summed E-state index contributed by atoms with van der Waals surface area (Å²) in [5, 5.41) is 17.8. The molecule has 0 aliphatic heterocycles. The summed E-state index contributed by atoms with van der Waals surface area (Å²) < 4.78 is 0. The summed E-state index contributed by atoms with van der Waals surface area (Å²) in [6.45, 7) is 1.88. The van der Waals surface area contributed by atoms with E-state index < -0.39 is 4.92 Å². The van der Waals surface area contributed by atoms with E-state index in [1.807, 2.05) is 19.1 Å². The number of pyridine rings is 1. The number of aromatic nitrogens is 3. The molecule has 8 nitrogen and oxygen atoms in total. The number of nitro groups is 1. The van der Waals surface area contributed by atoms with Crippen LogP contribution in [0.25, 0.3) is 0 Å². The van der Waals surface area contributed by atoms with Gasteiger partial charge in [0.25, 0.3) is 0 Å². The predicted octanol–water partition coefficient (Wildman–Crippen LogP) is 3.58. The van der Waals surface area contributed by atoms with Crippen molar-refractivity contribution in [1.29, 1.82) is 0 Å². The molecule has 126 valence electrons. The Labute approximate surface area is 139 Å². The van der Waals surface area contributed by atoms with E-state index in [1.165, 1.54) is 12.7 Å². The molecule has 2 aromatic heterocycles. The molecule has 1 saturated carbocycles. The van der Waals surface area contributed by atoms with Gasteiger partial charge in [-0.1, -0.05) is 25.3 Å². The molecule has 8 heteroatoms. The van der Waals surface area contributed by atoms with Crippen LogP contribution in [0.4, 0.5) is 23.1 Å². The molecule has 24 heavy (non-hydrogen) atoms. The molecule has 0 bridgehead atoms. The third kappa shape index (κ3) is 3.58. The zero-order chi connectivity index (χ0) is 16.9. The maximum absolute atomic E-state index is 11.6. The fourth-order valence-electron chi connectivity index (χ4n) is 2.92. The molecule has 0 spiro atoms.